The Kier molecular flexibility index (Phi) is 7.88. The molecule has 0 spiro atoms. The first kappa shape index (κ1) is 25.2. The number of alkyl carbamates (subject to hydrolysis) is 1. The third kappa shape index (κ3) is 5.99. The Hall–Kier alpha value is -3.09. The van der Waals surface area contributed by atoms with Crippen LogP contribution in [0.5, 0.6) is 11.5 Å². The van der Waals surface area contributed by atoms with Crippen LogP contribution in [0.25, 0.3) is 10.8 Å². The Morgan fingerprint density at radius 2 is 1.44 bits per heavy atom. The minimum atomic E-state index is -0.902. The van der Waals surface area contributed by atoms with Crippen LogP contribution in [-0.4, -0.2) is 29.7 Å². The lowest BCUT2D eigenvalue weighted by Crippen LogP contribution is -2.48. The van der Waals surface area contributed by atoms with E-state index >= 15 is 0 Å². The fraction of sp³-hybridized carbons (Fsp3) is 0.480. The van der Waals surface area contributed by atoms with Crippen molar-refractivity contribution in [2.45, 2.75) is 73.5 Å². The van der Waals surface area contributed by atoms with Crippen LogP contribution in [0.1, 0.15) is 59.1 Å². The van der Waals surface area contributed by atoms with Crippen molar-refractivity contribution in [1.82, 2.24) is 5.32 Å². The highest BCUT2D eigenvalue weighted by atomic mass is 16.6. The summed E-state index contributed by atoms with van der Waals surface area (Å²) in [5.41, 5.74) is 0.691. The van der Waals surface area contributed by atoms with Gasteiger partial charge in [-0.3, -0.25) is 4.79 Å². The minimum Gasteiger partial charge on any atom is -0.444 e. The van der Waals surface area contributed by atoms with Crippen molar-refractivity contribution in [3.05, 3.63) is 35.4 Å². The van der Waals surface area contributed by atoms with Crippen molar-refractivity contribution in [3.8, 4) is 11.5 Å². The average Bonchev–Trinajstić information content (AvgIpc) is 2.70. The Morgan fingerprint density at radius 1 is 0.938 bits per heavy atom. The molecule has 1 N–H and O–H groups in total. The maximum atomic E-state index is 13.1. The van der Waals surface area contributed by atoms with Crippen molar-refractivity contribution in [1.29, 1.82) is 0 Å². The van der Waals surface area contributed by atoms with Gasteiger partial charge in [0.05, 0.1) is 0 Å². The van der Waals surface area contributed by atoms with Gasteiger partial charge in [-0.1, -0.05) is 45.0 Å². The fourth-order valence-electron chi connectivity index (χ4n) is 3.17. The van der Waals surface area contributed by atoms with Crippen molar-refractivity contribution >= 4 is 28.8 Å². The first-order valence-electron chi connectivity index (χ1n) is 10.8. The number of esters is 2. The van der Waals surface area contributed by atoms with Gasteiger partial charge in [0.15, 0.2) is 0 Å². The molecule has 2 aromatic rings. The van der Waals surface area contributed by atoms with Crippen LogP contribution in [0.3, 0.4) is 0 Å². The number of hydrogen-bond donors (Lipinski definition) is 1. The van der Waals surface area contributed by atoms with Crippen LogP contribution in [0.4, 0.5) is 4.79 Å². The smallest absolute Gasteiger partial charge is 0.408 e. The predicted molar refractivity (Wildman–Crippen MR) is 123 cm³/mol. The number of amides is 1. The molecular weight excluding hydrogens is 410 g/mol. The van der Waals surface area contributed by atoms with E-state index in [4.69, 9.17) is 14.2 Å². The predicted octanol–water partition coefficient (Wildman–Crippen LogP) is 5.23. The van der Waals surface area contributed by atoms with Gasteiger partial charge in [-0.25, -0.2) is 9.59 Å². The number of ether oxygens (including phenoxy) is 3. The van der Waals surface area contributed by atoms with Crippen molar-refractivity contribution in [2.75, 3.05) is 0 Å². The van der Waals surface area contributed by atoms with E-state index in [-0.39, 0.29) is 18.3 Å². The molecule has 7 nitrogen and oxygen atoms in total. The van der Waals surface area contributed by atoms with Gasteiger partial charge in [0.2, 0.25) is 0 Å². The van der Waals surface area contributed by atoms with Gasteiger partial charge in [0.25, 0.3) is 0 Å². The highest BCUT2D eigenvalue weighted by molar-refractivity contribution is 5.99. The molecule has 0 fully saturated rings. The summed E-state index contributed by atoms with van der Waals surface area (Å²) in [5.74, 6) is -0.346. The Balaban J connectivity index is 2.44. The van der Waals surface area contributed by atoms with Gasteiger partial charge < -0.3 is 19.5 Å². The standard InChI is InChI=1S/C25H33NO6/c1-9-19(27)30-21-15(4)16(5)22(18-13-11-10-12-17(18)21)31-23(28)20(14(2)3)26-24(29)32-25(6,7)8/h10-14,20H,9H2,1-8H3,(H,26,29)/t20-/m0/s1. The van der Waals surface area contributed by atoms with E-state index < -0.39 is 23.7 Å². The van der Waals surface area contributed by atoms with Gasteiger partial charge in [-0.05, 0) is 51.7 Å². The molecular formula is C25H33NO6. The maximum Gasteiger partial charge on any atom is 0.408 e. The SMILES string of the molecule is CCC(=O)Oc1c(C)c(C)c(OC(=O)[C@@H](NC(=O)OC(C)(C)C)C(C)C)c2ccccc12. The normalized spacial score (nSPS) is 12.4. The topological polar surface area (TPSA) is 90.9 Å². The van der Waals surface area contributed by atoms with E-state index in [2.05, 4.69) is 5.32 Å². The number of fused-ring (bicyclic) bond motifs is 1. The number of rotatable bonds is 6. The summed E-state index contributed by atoms with van der Waals surface area (Å²) in [6.45, 7) is 14.2. The summed E-state index contributed by atoms with van der Waals surface area (Å²) in [6.07, 6.45) is -0.441. The number of carbonyl (C=O) groups excluding carboxylic acids is 3. The van der Waals surface area contributed by atoms with Crippen LogP contribution >= 0.6 is 0 Å². The summed E-state index contributed by atoms with van der Waals surface area (Å²) in [5, 5.41) is 3.92. The Labute approximate surface area is 189 Å². The van der Waals surface area contributed by atoms with Crippen LogP contribution in [0.2, 0.25) is 0 Å². The first-order valence-corrected chi connectivity index (χ1v) is 10.8. The molecule has 174 valence electrons. The van der Waals surface area contributed by atoms with E-state index in [1.807, 2.05) is 39.0 Å². The summed E-state index contributed by atoms with van der Waals surface area (Å²) in [6, 6.07) is 6.36. The molecule has 0 unspecified atom stereocenters. The summed E-state index contributed by atoms with van der Waals surface area (Å²) in [7, 11) is 0. The molecule has 0 heterocycles. The summed E-state index contributed by atoms with van der Waals surface area (Å²) >= 11 is 0. The van der Waals surface area contributed by atoms with Crippen LogP contribution in [0.15, 0.2) is 24.3 Å². The summed E-state index contributed by atoms with van der Waals surface area (Å²) < 4.78 is 16.7. The molecule has 2 rings (SSSR count). The maximum absolute atomic E-state index is 13.1. The van der Waals surface area contributed by atoms with Crippen molar-refractivity contribution in [2.24, 2.45) is 5.92 Å². The second-order valence-corrected chi connectivity index (χ2v) is 9.07. The molecule has 7 heteroatoms. The molecule has 2 aromatic carbocycles. The minimum absolute atomic E-state index is 0.229. The second-order valence-electron chi connectivity index (χ2n) is 9.07. The molecule has 0 aromatic heterocycles. The number of hydrogen-bond acceptors (Lipinski definition) is 6. The number of benzene rings is 2. The van der Waals surface area contributed by atoms with Crippen LogP contribution in [0, 0.1) is 19.8 Å². The fourth-order valence-corrected chi connectivity index (χ4v) is 3.17. The molecule has 0 aliphatic rings. The van der Waals surface area contributed by atoms with E-state index in [1.54, 1.807) is 40.7 Å². The van der Waals surface area contributed by atoms with E-state index in [9.17, 15) is 14.4 Å². The Bertz CT molecular complexity index is 1020. The van der Waals surface area contributed by atoms with E-state index in [0.717, 1.165) is 0 Å². The van der Waals surface area contributed by atoms with Gasteiger partial charge in [-0.15, -0.1) is 0 Å². The number of nitrogens with one attached hydrogen (secondary N) is 1. The zero-order valence-corrected chi connectivity index (χ0v) is 20.1. The number of carbonyl (C=O) groups is 3. The lowest BCUT2D eigenvalue weighted by molar-refractivity contribution is -0.138. The Morgan fingerprint density at radius 3 is 1.88 bits per heavy atom. The van der Waals surface area contributed by atoms with Crippen LogP contribution in [-0.2, 0) is 14.3 Å². The zero-order valence-electron chi connectivity index (χ0n) is 20.1. The third-order valence-electron chi connectivity index (χ3n) is 4.96. The molecule has 0 aliphatic carbocycles. The van der Waals surface area contributed by atoms with Crippen LogP contribution < -0.4 is 14.8 Å². The summed E-state index contributed by atoms with van der Waals surface area (Å²) in [4.78, 5) is 37.3. The molecule has 1 atom stereocenters. The average molecular weight is 444 g/mol. The molecule has 1 amide bonds. The van der Waals surface area contributed by atoms with Gasteiger partial charge in [0.1, 0.15) is 23.1 Å². The third-order valence-corrected chi connectivity index (χ3v) is 4.96. The molecule has 32 heavy (non-hydrogen) atoms. The van der Waals surface area contributed by atoms with Gasteiger partial charge in [-0.2, -0.15) is 0 Å². The zero-order chi connectivity index (χ0) is 24.2. The van der Waals surface area contributed by atoms with Crippen molar-refractivity contribution < 1.29 is 28.6 Å². The second kappa shape index (κ2) is 10.0. The highest BCUT2D eigenvalue weighted by Gasteiger charge is 2.30. The van der Waals surface area contributed by atoms with E-state index in [0.29, 0.717) is 33.4 Å². The van der Waals surface area contributed by atoms with E-state index in [1.165, 1.54) is 0 Å². The molecule has 0 saturated heterocycles. The van der Waals surface area contributed by atoms with Crippen molar-refractivity contribution in [3.63, 3.8) is 0 Å². The largest absolute Gasteiger partial charge is 0.444 e. The monoisotopic (exact) mass is 443 g/mol. The van der Waals surface area contributed by atoms with Gasteiger partial charge in [0, 0.05) is 17.2 Å². The molecule has 0 radical (unpaired) electrons. The molecule has 0 bridgehead atoms. The highest BCUT2D eigenvalue weighted by Crippen LogP contribution is 2.40. The first-order chi connectivity index (χ1) is 14.9. The quantitative estimate of drug-likeness (QED) is 0.486. The molecule has 0 saturated carbocycles. The lowest BCUT2D eigenvalue weighted by atomic mass is 9.99. The van der Waals surface area contributed by atoms with Gasteiger partial charge >= 0.3 is 18.0 Å². The lowest BCUT2D eigenvalue weighted by Gasteiger charge is -2.25. The molecule has 0 aliphatic heterocycles.